The van der Waals surface area contributed by atoms with Crippen molar-refractivity contribution in [2.45, 2.75) is 32.2 Å². The van der Waals surface area contributed by atoms with Crippen LogP contribution in [0.3, 0.4) is 0 Å². The second kappa shape index (κ2) is 5.74. The van der Waals surface area contributed by atoms with Crippen molar-refractivity contribution in [3.63, 3.8) is 0 Å². The topological polar surface area (TPSA) is 72.2 Å². The number of carbonyl (C=O) groups is 2. The second-order valence-electron chi connectivity index (χ2n) is 5.04. The van der Waals surface area contributed by atoms with Crippen LogP contribution in [0.2, 0.25) is 0 Å². The van der Waals surface area contributed by atoms with Gasteiger partial charge in [-0.05, 0) is 43.5 Å². The number of primary amides is 1. The smallest absolute Gasteiger partial charge is 0.251 e. The molecule has 2 amide bonds. The van der Waals surface area contributed by atoms with Crippen molar-refractivity contribution in [1.82, 2.24) is 5.32 Å². The van der Waals surface area contributed by atoms with E-state index < -0.39 is 0 Å². The van der Waals surface area contributed by atoms with Gasteiger partial charge in [0, 0.05) is 16.1 Å². The van der Waals surface area contributed by atoms with Crippen molar-refractivity contribution in [1.29, 1.82) is 0 Å². The molecule has 4 nitrogen and oxygen atoms in total. The van der Waals surface area contributed by atoms with Crippen molar-refractivity contribution < 1.29 is 9.59 Å². The summed E-state index contributed by atoms with van der Waals surface area (Å²) in [6, 6.07) is 5.41. The molecule has 0 unspecified atom stereocenters. The van der Waals surface area contributed by atoms with Crippen LogP contribution in [-0.2, 0) is 4.79 Å². The summed E-state index contributed by atoms with van der Waals surface area (Å²) < 4.78 is 0.871. The highest BCUT2D eigenvalue weighted by atomic mass is 79.9. The minimum atomic E-state index is -0.326. The minimum Gasteiger partial charge on any atom is -0.369 e. The monoisotopic (exact) mass is 324 g/mol. The van der Waals surface area contributed by atoms with Crippen LogP contribution >= 0.6 is 15.9 Å². The van der Waals surface area contributed by atoms with Gasteiger partial charge in [0.15, 0.2) is 0 Å². The Balaban J connectivity index is 2.10. The SMILES string of the molecule is Cc1cc(Br)cc(C(=O)N[C@@H]2CCC[C@@H]2C(N)=O)c1. The zero-order valence-corrected chi connectivity index (χ0v) is 12.4. The molecule has 1 fully saturated rings. The van der Waals surface area contributed by atoms with E-state index in [9.17, 15) is 9.59 Å². The quantitative estimate of drug-likeness (QED) is 0.894. The third-order valence-corrected chi connectivity index (χ3v) is 3.96. The van der Waals surface area contributed by atoms with Crippen LogP contribution in [0.1, 0.15) is 35.2 Å². The molecular formula is C14H17BrN2O2. The van der Waals surface area contributed by atoms with Crippen molar-refractivity contribution >= 4 is 27.7 Å². The fraction of sp³-hybridized carbons (Fsp3) is 0.429. The molecule has 0 bridgehead atoms. The number of aryl methyl sites for hydroxylation is 1. The maximum atomic E-state index is 12.2. The van der Waals surface area contributed by atoms with Gasteiger partial charge < -0.3 is 11.1 Å². The average molecular weight is 325 g/mol. The van der Waals surface area contributed by atoms with Crippen LogP contribution in [0.25, 0.3) is 0 Å². The van der Waals surface area contributed by atoms with Gasteiger partial charge in [-0.1, -0.05) is 22.4 Å². The van der Waals surface area contributed by atoms with Gasteiger partial charge in [0.1, 0.15) is 0 Å². The molecule has 0 aromatic heterocycles. The Morgan fingerprint density at radius 3 is 2.68 bits per heavy atom. The highest BCUT2D eigenvalue weighted by molar-refractivity contribution is 9.10. The van der Waals surface area contributed by atoms with E-state index in [1.165, 1.54) is 0 Å². The Hall–Kier alpha value is -1.36. The predicted molar refractivity (Wildman–Crippen MR) is 76.7 cm³/mol. The fourth-order valence-electron chi connectivity index (χ4n) is 2.59. The van der Waals surface area contributed by atoms with E-state index in [0.29, 0.717) is 5.56 Å². The first-order chi connectivity index (χ1) is 8.97. The van der Waals surface area contributed by atoms with Crippen molar-refractivity contribution in [2.24, 2.45) is 11.7 Å². The summed E-state index contributed by atoms with van der Waals surface area (Å²) in [6.45, 7) is 1.93. The van der Waals surface area contributed by atoms with Gasteiger partial charge in [0.25, 0.3) is 5.91 Å². The first-order valence-electron chi connectivity index (χ1n) is 6.35. The number of nitrogens with one attached hydrogen (secondary N) is 1. The zero-order chi connectivity index (χ0) is 14.0. The lowest BCUT2D eigenvalue weighted by molar-refractivity contribution is -0.122. The first kappa shape index (κ1) is 14.1. The standard InChI is InChI=1S/C14H17BrN2O2/c1-8-5-9(7-10(15)6-8)14(19)17-12-4-2-3-11(12)13(16)18/h5-7,11-12H,2-4H2,1H3,(H2,16,18)(H,17,19)/t11-,12+/m0/s1. The molecule has 1 aromatic carbocycles. The van der Waals surface area contributed by atoms with E-state index in [1.807, 2.05) is 19.1 Å². The lowest BCUT2D eigenvalue weighted by atomic mass is 10.0. The van der Waals surface area contributed by atoms with Crippen LogP contribution in [0.15, 0.2) is 22.7 Å². The number of carbonyl (C=O) groups excluding carboxylic acids is 2. The lowest BCUT2D eigenvalue weighted by Gasteiger charge is -2.18. The van der Waals surface area contributed by atoms with Gasteiger partial charge in [-0.3, -0.25) is 9.59 Å². The number of amides is 2. The first-order valence-corrected chi connectivity index (χ1v) is 7.14. The molecule has 19 heavy (non-hydrogen) atoms. The summed E-state index contributed by atoms with van der Waals surface area (Å²) >= 11 is 3.37. The normalized spacial score (nSPS) is 22.2. The van der Waals surface area contributed by atoms with Crippen molar-refractivity contribution in [3.8, 4) is 0 Å². The summed E-state index contributed by atoms with van der Waals surface area (Å²) in [6.07, 6.45) is 2.50. The highest BCUT2D eigenvalue weighted by Crippen LogP contribution is 2.26. The Kier molecular flexibility index (Phi) is 4.24. The Bertz CT molecular complexity index is 496. The number of nitrogens with two attached hydrogens (primary N) is 1. The van der Waals surface area contributed by atoms with E-state index in [4.69, 9.17) is 5.73 Å². The van der Waals surface area contributed by atoms with Gasteiger partial charge >= 0.3 is 0 Å². The molecule has 3 N–H and O–H groups in total. The van der Waals surface area contributed by atoms with Crippen molar-refractivity contribution in [2.75, 3.05) is 0 Å². The molecular weight excluding hydrogens is 308 g/mol. The molecule has 1 aliphatic carbocycles. The molecule has 2 rings (SSSR count). The van der Waals surface area contributed by atoms with E-state index in [2.05, 4.69) is 21.2 Å². The summed E-state index contributed by atoms with van der Waals surface area (Å²) in [5.74, 6) is -0.715. The molecule has 0 heterocycles. The molecule has 1 saturated carbocycles. The Morgan fingerprint density at radius 2 is 2.05 bits per heavy atom. The summed E-state index contributed by atoms with van der Waals surface area (Å²) in [7, 11) is 0. The van der Waals surface area contributed by atoms with E-state index in [1.54, 1.807) is 6.07 Å². The van der Waals surface area contributed by atoms with Crippen LogP contribution in [-0.4, -0.2) is 17.9 Å². The molecule has 0 saturated heterocycles. The van der Waals surface area contributed by atoms with E-state index >= 15 is 0 Å². The molecule has 0 radical (unpaired) electrons. The lowest BCUT2D eigenvalue weighted by Crippen LogP contribution is -2.42. The van der Waals surface area contributed by atoms with Crippen LogP contribution in [0.4, 0.5) is 0 Å². The number of benzene rings is 1. The maximum absolute atomic E-state index is 12.2. The van der Waals surface area contributed by atoms with E-state index in [-0.39, 0.29) is 23.8 Å². The predicted octanol–water partition coefficient (Wildman–Crippen LogP) is 2.14. The molecule has 1 aromatic rings. The molecule has 102 valence electrons. The number of hydrogen-bond donors (Lipinski definition) is 2. The minimum absolute atomic E-state index is 0.135. The van der Waals surface area contributed by atoms with Gasteiger partial charge in [-0.2, -0.15) is 0 Å². The number of halogens is 1. The third-order valence-electron chi connectivity index (χ3n) is 3.50. The van der Waals surface area contributed by atoms with Crippen LogP contribution < -0.4 is 11.1 Å². The fourth-order valence-corrected chi connectivity index (χ4v) is 3.20. The third kappa shape index (κ3) is 3.35. The Labute approximate surface area is 120 Å². The van der Waals surface area contributed by atoms with E-state index in [0.717, 1.165) is 29.3 Å². The van der Waals surface area contributed by atoms with Gasteiger partial charge in [0.05, 0.1) is 5.92 Å². The van der Waals surface area contributed by atoms with Gasteiger partial charge in [-0.25, -0.2) is 0 Å². The molecule has 0 aliphatic heterocycles. The number of hydrogen-bond acceptors (Lipinski definition) is 2. The Morgan fingerprint density at radius 1 is 1.32 bits per heavy atom. The van der Waals surface area contributed by atoms with Gasteiger partial charge in [-0.15, -0.1) is 0 Å². The highest BCUT2D eigenvalue weighted by Gasteiger charge is 2.32. The molecule has 2 atom stereocenters. The average Bonchev–Trinajstić information content (AvgIpc) is 2.75. The molecule has 0 spiro atoms. The summed E-state index contributed by atoms with van der Waals surface area (Å²) in [5, 5.41) is 2.92. The second-order valence-corrected chi connectivity index (χ2v) is 5.95. The molecule has 1 aliphatic rings. The number of rotatable bonds is 3. The largest absolute Gasteiger partial charge is 0.369 e. The zero-order valence-electron chi connectivity index (χ0n) is 10.8. The maximum Gasteiger partial charge on any atom is 0.251 e. The summed E-state index contributed by atoms with van der Waals surface area (Å²) in [4.78, 5) is 23.5. The van der Waals surface area contributed by atoms with Crippen molar-refractivity contribution in [3.05, 3.63) is 33.8 Å². The van der Waals surface area contributed by atoms with Crippen LogP contribution in [0, 0.1) is 12.8 Å². The van der Waals surface area contributed by atoms with Gasteiger partial charge in [0.2, 0.25) is 5.91 Å². The summed E-state index contributed by atoms with van der Waals surface area (Å²) in [5.41, 5.74) is 6.96. The molecule has 5 heteroatoms. The van der Waals surface area contributed by atoms with Crippen LogP contribution in [0.5, 0.6) is 0 Å².